The number of rotatable bonds is 0. The molecule has 1 nitrogen and oxygen atoms in total. The molecule has 0 bridgehead atoms. The van der Waals surface area contributed by atoms with Crippen molar-refractivity contribution in [2.24, 2.45) is 0 Å². The van der Waals surface area contributed by atoms with E-state index in [-0.39, 0.29) is 5.41 Å². The molecule has 0 fully saturated rings. The Morgan fingerprint density at radius 1 is 0.870 bits per heavy atom. The van der Waals surface area contributed by atoms with Crippen LogP contribution in [0.4, 0.5) is 0 Å². The van der Waals surface area contributed by atoms with Crippen LogP contribution in [0.1, 0.15) is 25.0 Å². The van der Waals surface area contributed by atoms with Crippen LogP contribution in [0.15, 0.2) is 63.5 Å². The number of hydrogen-bond donors (Lipinski definition) is 0. The summed E-state index contributed by atoms with van der Waals surface area (Å²) in [6.45, 7) is 4.59. The quantitative estimate of drug-likeness (QED) is 0.341. The Morgan fingerprint density at radius 3 is 2.57 bits per heavy atom. The molecule has 0 amide bonds. The molecule has 0 atom stereocenters. The molecule has 0 radical (unpaired) electrons. The maximum Gasteiger partial charge on any atom is 0.143 e. The molecular weight excluding hydrogens is 348 g/mol. The highest BCUT2D eigenvalue weighted by Gasteiger charge is 2.37. The monoisotopic (exact) mass is 362 g/mol. The molecule has 23 heavy (non-hydrogen) atoms. The second-order valence-electron chi connectivity index (χ2n) is 6.75. The molecule has 2 heteroatoms. The first-order chi connectivity index (χ1) is 11.1. The molecule has 0 saturated heterocycles. The van der Waals surface area contributed by atoms with Gasteiger partial charge >= 0.3 is 0 Å². The van der Waals surface area contributed by atoms with E-state index in [0.29, 0.717) is 0 Å². The SMILES string of the molecule is CC1(C)c2ccccc2-c2c1ccc1c2oc2cccc(Br)c21. The summed E-state index contributed by atoms with van der Waals surface area (Å²) in [7, 11) is 0. The average molecular weight is 363 g/mol. The van der Waals surface area contributed by atoms with Crippen LogP contribution in [0.3, 0.4) is 0 Å². The lowest BCUT2D eigenvalue weighted by atomic mass is 9.82. The summed E-state index contributed by atoms with van der Waals surface area (Å²) in [6.07, 6.45) is 0. The summed E-state index contributed by atoms with van der Waals surface area (Å²) in [5, 5.41) is 2.34. The van der Waals surface area contributed by atoms with E-state index in [9.17, 15) is 0 Å². The van der Waals surface area contributed by atoms with Crippen molar-refractivity contribution in [1.82, 2.24) is 0 Å². The highest BCUT2D eigenvalue weighted by atomic mass is 79.9. The molecular formula is C21H15BrO. The standard InChI is InChI=1S/C21H15BrO/c1-21(2)14-7-4-3-6-12(14)18-15(21)11-10-13-19-16(22)8-5-9-17(19)23-20(13)18/h3-11H,1-2H3. The van der Waals surface area contributed by atoms with E-state index >= 15 is 0 Å². The van der Waals surface area contributed by atoms with Crippen LogP contribution in [-0.4, -0.2) is 0 Å². The van der Waals surface area contributed by atoms with Gasteiger partial charge in [0, 0.05) is 26.2 Å². The summed E-state index contributed by atoms with van der Waals surface area (Å²) in [5.41, 5.74) is 7.23. The van der Waals surface area contributed by atoms with Crippen molar-refractivity contribution in [3.8, 4) is 11.1 Å². The fraction of sp³-hybridized carbons (Fsp3) is 0.143. The summed E-state index contributed by atoms with van der Waals surface area (Å²) < 4.78 is 7.38. The fourth-order valence-electron chi connectivity index (χ4n) is 4.03. The van der Waals surface area contributed by atoms with Crippen molar-refractivity contribution in [3.63, 3.8) is 0 Å². The van der Waals surface area contributed by atoms with Gasteiger partial charge < -0.3 is 4.42 Å². The molecule has 0 unspecified atom stereocenters. The predicted molar refractivity (Wildman–Crippen MR) is 99.0 cm³/mol. The van der Waals surface area contributed by atoms with Gasteiger partial charge in [-0.25, -0.2) is 0 Å². The van der Waals surface area contributed by atoms with Gasteiger partial charge in [-0.05, 0) is 28.8 Å². The zero-order valence-electron chi connectivity index (χ0n) is 13.0. The summed E-state index contributed by atoms with van der Waals surface area (Å²) in [6, 6.07) is 19.3. The van der Waals surface area contributed by atoms with E-state index in [1.165, 1.54) is 27.6 Å². The van der Waals surface area contributed by atoms with E-state index in [0.717, 1.165) is 21.0 Å². The topological polar surface area (TPSA) is 13.1 Å². The van der Waals surface area contributed by atoms with Crippen LogP contribution in [0, 0.1) is 0 Å². The van der Waals surface area contributed by atoms with Crippen LogP contribution in [-0.2, 0) is 5.41 Å². The van der Waals surface area contributed by atoms with E-state index in [1.807, 2.05) is 12.1 Å². The first-order valence-corrected chi connectivity index (χ1v) is 8.62. The van der Waals surface area contributed by atoms with E-state index in [2.05, 4.69) is 72.2 Å². The molecule has 1 aromatic heterocycles. The number of benzene rings is 3. The zero-order chi connectivity index (χ0) is 15.8. The van der Waals surface area contributed by atoms with Crippen molar-refractivity contribution in [2.75, 3.05) is 0 Å². The molecule has 0 aliphatic heterocycles. The fourth-order valence-corrected chi connectivity index (χ4v) is 4.59. The molecule has 0 spiro atoms. The van der Waals surface area contributed by atoms with Crippen LogP contribution in [0.5, 0.6) is 0 Å². The molecule has 3 aromatic carbocycles. The molecule has 1 aliphatic rings. The minimum Gasteiger partial charge on any atom is -0.455 e. The van der Waals surface area contributed by atoms with Gasteiger partial charge in [0.05, 0.1) is 0 Å². The lowest BCUT2D eigenvalue weighted by molar-refractivity contribution is 0.653. The van der Waals surface area contributed by atoms with Gasteiger partial charge in [-0.1, -0.05) is 72.2 Å². The number of fused-ring (bicyclic) bond motifs is 7. The van der Waals surface area contributed by atoms with Crippen LogP contribution < -0.4 is 0 Å². The lowest BCUT2D eigenvalue weighted by Gasteiger charge is -2.21. The van der Waals surface area contributed by atoms with E-state index < -0.39 is 0 Å². The third-order valence-corrected chi connectivity index (χ3v) is 5.82. The highest BCUT2D eigenvalue weighted by molar-refractivity contribution is 9.10. The minimum atomic E-state index is 0.0102. The lowest BCUT2D eigenvalue weighted by Crippen LogP contribution is -2.14. The molecule has 4 aromatic rings. The Hall–Kier alpha value is -2.06. The number of furan rings is 1. The smallest absolute Gasteiger partial charge is 0.143 e. The van der Waals surface area contributed by atoms with Gasteiger partial charge in [-0.2, -0.15) is 0 Å². The van der Waals surface area contributed by atoms with Crippen molar-refractivity contribution >= 4 is 37.9 Å². The Balaban J connectivity index is 2.02. The molecule has 1 aliphatic carbocycles. The average Bonchev–Trinajstić information content (AvgIpc) is 3.03. The molecule has 112 valence electrons. The summed E-state index contributed by atoms with van der Waals surface area (Å²) in [5.74, 6) is 0. The Kier molecular flexibility index (Phi) is 2.48. The Bertz CT molecular complexity index is 1100. The predicted octanol–water partition coefficient (Wildman–Crippen LogP) is 6.65. The van der Waals surface area contributed by atoms with E-state index in [4.69, 9.17) is 4.42 Å². The second-order valence-corrected chi connectivity index (χ2v) is 7.60. The molecule has 0 saturated carbocycles. The van der Waals surface area contributed by atoms with Gasteiger partial charge in [-0.15, -0.1) is 0 Å². The van der Waals surface area contributed by atoms with Crippen LogP contribution >= 0.6 is 15.9 Å². The Labute approximate surface area is 143 Å². The van der Waals surface area contributed by atoms with Gasteiger partial charge in [0.15, 0.2) is 0 Å². The maximum absolute atomic E-state index is 6.30. The van der Waals surface area contributed by atoms with Gasteiger partial charge in [0.2, 0.25) is 0 Å². The van der Waals surface area contributed by atoms with Crippen molar-refractivity contribution in [3.05, 3.63) is 70.2 Å². The molecule has 5 rings (SSSR count). The van der Waals surface area contributed by atoms with Crippen molar-refractivity contribution in [1.29, 1.82) is 0 Å². The third kappa shape index (κ3) is 1.57. The Morgan fingerprint density at radius 2 is 1.70 bits per heavy atom. The molecule has 0 N–H and O–H groups in total. The minimum absolute atomic E-state index is 0.0102. The van der Waals surface area contributed by atoms with Gasteiger partial charge in [0.25, 0.3) is 0 Å². The van der Waals surface area contributed by atoms with Crippen molar-refractivity contribution < 1.29 is 4.42 Å². The first kappa shape index (κ1) is 13.4. The van der Waals surface area contributed by atoms with Crippen LogP contribution in [0.2, 0.25) is 0 Å². The normalized spacial score (nSPS) is 15.1. The molecule has 1 heterocycles. The van der Waals surface area contributed by atoms with E-state index in [1.54, 1.807) is 0 Å². The second kappa shape index (κ2) is 4.27. The maximum atomic E-state index is 6.30. The zero-order valence-corrected chi connectivity index (χ0v) is 14.6. The first-order valence-electron chi connectivity index (χ1n) is 7.83. The largest absolute Gasteiger partial charge is 0.455 e. The van der Waals surface area contributed by atoms with Gasteiger partial charge in [-0.3, -0.25) is 0 Å². The van der Waals surface area contributed by atoms with Crippen LogP contribution in [0.25, 0.3) is 33.1 Å². The third-order valence-electron chi connectivity index (χ3n) is 5.16. The van der Waals surface area contributed by atoms with Gasteiger partial charge in [0.1, 0.15) is 11.2 Å². The number of hydrogen-bond acceptors (Lipinski definition) is 1. The van der Waals surface area contributed by atoms with Crippen molar-refractivity contribution in [2.45, 2.75) is 19.3 Å². The summed E-state index contributed by atoms with van der Waals surface area (Å²) >= 11 is 3.67. The summed E-state index contributed by atoms with van der Waals surface area (Å²) in [4.78, 5) is 0. The number of halogens is 1. The highest BCUT2D eigenvalue weighted by Crippen LogP contribution is 2.52.